The summed E-state index contributed by atoms with van der Waals surface area (Å²) in [6, 6.07) is 114. The van der Waals surface area contributed by atoms with Gasteiger partial charge in [-0.15, -0.1) is 0 Å². The van der Waals surface area contributed by atoms with Gasteiger partial charge in [0.2, 0.25) is 6.71 Å². The molecule has 0 unspecified atom stereocenters. The Hall–Kier alpha value is -12.6. The van der Waals surface area contributed by atoms with Gasteiger partial charge in [0.1, 0.15) is 0 Å². The van der Waals surface area contributed by atoms with E-state index >= 15 is 26.3 Å². The van der Waals surface area contributed by atoms with Crippen LogP contribution in [-0.4, -0.2) is 13.4 Å². The standard InChI is InChI=1S/C92H59B2F6N5S/c95-91(96,97)74-45-27-44-73(63-32-12-3-13-33-63)88(74)105-82-56-71(101(65-35-14-4-15-36-65)66-37-16-5-17-38-66)55-81-86(82)93(75-46-22-24-48-79(75)103(81)67-39-18-6-19-40-67)77-59-78-90(85(89(77)105)92(98,99)100)106-84-58-72(57-83-87(84)94(78)76-47-23-25-49-80(76)104(83)68-41-20-7-21-42-68)102(69-52-50-62(51-53-69)60-28-8-1-9-29-60)70-43-26-34-64(54-70)61-30-10-2-11-31-61/h1-59H. The molecule has 0 spiro atoms. The van der Waals surface area contributed by atoms with Crippen LogP contribution in [0.2, 0.25) is 0 Å². The molecule has 0 aromatic heterocycles. The van der Waals surface area contributed by atoms with Crippen LogP contribution in [0, 0.1) is 0 Å². The fraction of sp³-hybridized carbons (Fsp3) is 0.0217. The van der Waals surface area contributed by atoms with Crippen LogP contribution in [0.25, 0.3) is 33.4 Å². The van der Waals surface area contributed by atoms with Crippen molar-refractivity contribution in [2.45, 2.75) is 22.1 Å². The van der Waals surface area contributed by atoms with E-state index < -0.39 is 48.3 Å². The van der Waals surface area contributed by atoms with Crippen LogP contribution in [0.15, 0.2) is 368 Å². The normalized spacial score (nSPS) is 13.1. The molecule has 19 rings (SSSR count). The van der Waals surface area contributed by atoms with Crippen LogP contribution in [0.3, 0.4) is 0 Å². The van der Waals surface area contributed by atoms with Crippen LogP contribution >= 0.6 is 11.8 Å². The molecule has 0 aliphatic carbocycles. The summed E-state index contributed by atoms with van der Waals surface area (Å²) in [5.41, 5.74) is 13.6. The van der Waals surface area contributed by atoms with Crippen molar-refractivity contribution >= 4 is 143 Å². The zero-order chi connectivity index (χ0) is 71.4. The number of halogens is 6. The lowest BCUT2D eigenvalue weighted by molar-refractivity contribution is -0.139. The molecule has 4 aliphatic rings. The highest BCUT2D eigenvalue weighted by Gasteiger charge is 2.54. The number of rotatable bonds is 12. The van der Waals surface area contributed by atoms with Gasteiger partial charge in [0.15, 0.2) is 0 Å². The molecule has 15 aromatic carbocycles. The molecular weight excluding hydrogens is 1340 g/mol. The van der Waals surface area contributed by atoms with Crippen molar-refractivity contribution in [3.63, 3.8) is 0 Å². The number of fused-ring (bicyclic) bond motifs is 8. The van der Waals surface area contributed by atoms with Gasteiger partial charge >= 0.3 is 12.4 Å². The minimum Gasteiger partial charge on any atom is -0.311 e. The Morgan fingerprint density at radius 2 is 0.689 bits per heavy atom. The van der Waals surface area contributed by atoms with E-state index in [1.807, 2.05) is 223 Å². The number of anilines is 15. The first kappa shape index (κ1) is 64.2. The zero-order valence-electron chi connectivity index (χ0n) is 56.6. The van der Waals surface area contributed by atoms with Crippen LogP contribution < -0.4 is 57.3 Å². The van der Waals surface area contributed by atoms with E-state index in [4.69, 9.17) is 0 Å². The summed E-state index contributed by atoms with van der Waals surface area (Å²) >= 11 is 1.03. The Morgan fingerprint density at radius 3 is 1.24 bits per heavy atom. The number of para-hydroxylation sites is 7. The van der Waals surface area contributed by atoms with Gasteiger partial charge in [0, 0.05) is 83.6 Å². The molecule has 106 heavy (non-hydrogen) atoms. The molecule has 0 fully saturated rings. The average molecular weight is 1400 g/mol. The summed E-state index contributed by atoms with van der Waals surface area (Å²) in [6.07, 6.45) is -10.3. The van der Waals surface area contributed by atoms with Gasteiger partial charge in [0.25, 0.3) is 6.71 Å². The molecule has 506 valence electrons. The van der Waals surface area contributed by atoms with Crippen molar-refractivity contribution in [2.24, 2.45) is 0 Å². The highest BCUT2D eigenvalue weighted by Crippen LogP contribution is 2.58. The topological polar surface area (TPSA) is 16.2 Å². The molecule has 0 radical (unpaired) electrons. The molecule has 0 saturated carbocycles. The second-order valence-electron chi connectivity index (χ2n) is 26.9. The molecule has 4 heterocycles. The minimum absolute atomic E-state index is 0.0895. The molecule has 0 amide bonds. The highest BCUT2D eigenvalue weighted by atomic mass is 32.2. The Labute approximate surface area is 614 Å². The van der Waals surface area contributed by atoms with Crippen LogP contribution in [0.1, 0.15) is 11.1 Å². The molecule has 15 aromatic rings. The summed E-state index contributed by atoms with van der Waals surface area (Å²) in [4.78, 5) is 10.3. The Morgan fingerprint density at radius 1 is 0.274 bits per heavy atom. The molecular formula is C92H59B2F6N5S. The predicted molar refractivity (Wildman–Crippen MR) is 426 cm³/mol. The second kappa shape index (κ2) is 25.7. The van der Waals surface area contributed by atoms with Crippen LogP contribution in [0.5, 0.6) is 0 Å². The molecule has 5 nitrogen and oxygen atoms in total. The third-order valence-corrected chi connectivity index (χ3v) is 22.0. The quantitative estimate of drug-likeness (QED) is 0.0889. The van der Waals surface area contributed by atoms with Gasteiger partial charge in [-0.2, -0.15) is 26.3 Å². The Kier molecular flexibility index (Phi) is 15.5. The number of hydrogen-bond acceptors (Lipinski definition) is 6. The van der Waals surface area contributed by atoms with Crippen LogP contribution in [0.4, 0.5) is 112 Å². The summed E-state index contributed by atoms with van der Waals surface area (Å²) in [6.45, 7) is -1.84. The fourth-order valence-corrected chi connectivity index (χ4v) is 17.8. The molecule has 0 atom stereocenters. The van der Waals surface area contributed by atoms with Crippen molar-refractivity contribution in [2.75, 3.05) is 24.5 Å². The van der Waals surface area contributed by atoms with Crippen LogP contribution in [-0.2, 0) is 12.4 Å². The van der Waals surface area contributed by atoms with Gasteiger partial charge in [-0.05, 0) is 170 Å². The molecule has 0 saturated heterocycles. The van der Waals surface area contributed by atoms with E-state index in [-0.39, 0.29) is 21.6 Å². The van der Waals surface area contributed by atoms with E-state index in [1.165, 1.54) is 11.0 Å². The summed E-state index contributed by atoms with van der Waals surface area (Å²) in [5.74, 6) is 0. The fourth-order valence-electron chi connectivity index (χ4n) is 16.5. The summed E-state index contributed by atoms with van der Waals surface area (Å²) in [7, 11) is 0. The minimum atomic E-state index is -5.24. The van der Waals surface area contributed by atoms with Crippen molar-refractivity contribution in [3.8, 4) is 33.4 Å². The van der Waals surface area contributed by atoms with E-state index in [1.54, 1.807) is 36.4 Å². The Bertz CT molecular complexity index is 5840. The number of hydrogen-bond donors (Lipinski definition) is 0. The van der Waals surface area contributed by atoms with Gasteiger partial charge in [0.05, 0.1) is 28.2 Å². The monoisotopic (exact) mass is 1400 g/mol. The van der Waals surface area contributed by atoms with E-state index in [2.05, 4.69) is 106 Å². The molecule has 0 N–H and O–H groups in total. The zero-order valence-corrected chi connectivity index (χ0v) is 57.4. The lowest BCUT2D eigenvalue weighted by Crippen LogP contribution is -2.65. The lowest BCUT2D eigenvalue weighted by atomic mass is 9.30. The summed E-state index contributed by atoms with van der Waals surface area (Å²) < 4.78 is 107. The van der Waals surface area contributed by atoms with Crippen molar-refractivity contribution < 1.29 is 26.3 Å². The molecule has 14 heteroatoms. The highest BCUT2D eigenvalue weighted by molar-refractivity contribution is 8.00. The maximum Gasteiger partial charge on any atom is 0.419 e. The average Bonchev–Trinajstić information content (AvgIpc) is 0.676. The maximum atomic E-state index is 18.7. The number of alkyl halides is 6. The third-order valence-electron chi connectivity index (χ3n) is 20.8. The number of nitrogens with zero attached hydrogens (tertiary/aromatic N) is 5. The Balaban J connectivity index is 0.945. The molecule has 0 bridgehead atoms. The van der Waals surface area contributed by atoms with Gasteiger partial charge in [-0.25, -0.2) is 0 Å². The molecule has 4 aliphatic heterocycles. The summed E-state index contributed by atoms with van der Waals surface area (Å²) in [5, 5.41) is 0. The maximum absolute atomic E-state index is 18.7. The van der Waals surface area contributed by atoms with E-state index in [0.29, 0.717) is 61.0 Å². The first-order valence-electron chi connectivity index (χ1n) is 35.2. The lowest BCUT2D eigenvalue weighted by Gasteiger charge is -2.47. The predicted octanol–water partition coefficient (Wildman–Crippen LogP) is 22.5. The van der Waals surface area contributed by atoms with Crippen molar-refractivity contribution in [1.82, 2.24) is 0 Å². The smallest absolute Gasteiger partial charge is 0.311 e. The number of benzene rings is 15. The SMILES string of the molecule is FC(F)(F)c1cccc(-c2ccccc2)c1N1c2cc(N(c3ccccc3)c3ccccc3)cc3c2B(c2ccccc2N3c2ccccc2)c2cc3c(c(C(F)(F)F)c21)Sc1cc(N(c2ccc(-c4ccccc4)cc2)c2cccc(-c4ccccc4)c2)cc2c1B3c1ccccc1N2c1ccccc1. The first-order valence-corrected chi connectivity index (χ1v) is 36.0. The van der Waals surface area contributed by atoms with Gasteiger partial charge in [-0.1, -0.05) is 260 Å². The van der Waals surface area contributed by atoms with Crippen molar-refractivity contribution in [3.05, 3.63) is 369 Å². The van der Waals surface area contributed by atoms with E-state index in [0.717, 1.165) is 85.1 Å². The largest absolute Gasteiger partial charge is 0.419 e. The van der Waals surface area contributed by atoms with Crippen molar-refractivity contribution in [1.29, 1.82) is 0 Å². The van der Waals surface area contributed by atoms with E-state index in [9.17, 15) is 0 Å². The first-order chi connectivity index (χ1) is 51.9. The van der Waals surface area contributed by atoms with Gasteiger partial charge < -0.3 is 24.5 Å². The van der Waals surface area contributed by atoms with Gasteiger partial charge in [-0.3, -0.25) is 0 Å². The second-order valence-corrected chi connectivity index (χ2v) is 27.9. The third kappa shape index (κ3) is 10.8.